The maximum atomic E-state index is 9.90. The summed E-state index contributed by atoms with van der Waals surface area (Å²) in [5.74, 6) is 0.833. The number of nitrogens with one attached hydrogen (secondary N) is 1. The maximum Gasteiger partial charge on any atom is 0.207 e. The van der Waals surface area contributed by atoms with Crippen LogP contribution in [0.15, 0.2) is 0 Å². The topological polar surface area (TPSA) is 56.8 Å². The van der Waals surface area contributed by atoms with Crippen LogP contribution in [0.1, 0.15) is 60.8 Å². The Balaban J connectivity index is -0.000000574. The number of rotatable bonds is 14. The molecule has 0 aliphatic carbocycles. The molecule has 142 valence electrons. The number of carbonyl (C=O) groups is 1. The Morgan fingerprint density at radius 3 is 1.70 bits per heavy atom. The molecule has 0 atom stereocenters. The van der Waals surface area contributed by atoms with E-state index in [0.717, 1.165) is 18.9 Å². The molecule has 0 fully saturated rings. The van der Waals surface area contributed by atoms with Crippen molar-refractivity contribution in [2.45, 2.75) is 60.8 Å². The number of ether oxygens (including phenoxy) is 3. The second-order valence-electron chi connectivity index (χ2n) is 5.35. The molecule has 0 saturated heterocycles. The SMILES string of the molecule is CC.CC(C)C.CCCCCOCCOCCOCCNC=O. The largest absolute Gasteiger partial charge is 0.379 e. The minimum Gasteiger partial charge on any atom is -0.379 e. The van der Waals surface area contributed by atoms with Gasteiger partial charge >= 0.3 is 0 Å². The van der Waals surface area contributed by atoms with Crippen LogP contribution in [-0.4, -0.2) is 52.6 Å². The van der Waals surface area contributed by atoms with Crippen LogP contribution in [0.5, 0.6) is 0 Å². The Bertz CT molecular complexity index is 187. The normalized spacial score (nSPS) is 9.52. The van der Waals surface area contributed by atoms with Crippen molar-refractivity contribution < 1.29 is 19.0 Å². The predicted octanol–water partition coefficient (Wildman–Crippen LogP) is 3.66. The summed E-state index contributed by atoms with van der Waals surface area (Å²) in [7, 11) is 0. The summed E-state index contributed by atoms with van der Waals surface area (Å²) in [6, 6.07) is 0. The van der Waals surface area contributed by atoms with Crippen molar-refractivity contribution in [1.82, 2.24) is 5.32 Å². The van der Waals surface area contributed by atoms with Crippen LogP contribution in [0.4, 0.5) is 0 Å². The highest BCUT2D eigenvalue weighted by molar-refractivity contribution is 5.45. The Kier molecular flexibility index (Phi) is 34.7. The van der Waals surface area contributed by atoms with E-state index in [1.54, 1.807) is 0 Å². The van der Waals surface area contributed by atoms with Crippen molar-refractivity contribution in [3.05, 3.63) is 0 Å². The monoisotopic (exact) mass is 335 g/mol. The van der Waals surface area contributed by atoms with Crippen LogP contribution in [0, 0.1) is 5.92 Å². The van der Waals surface area contributed by atoms with Gasteiger partial charge in [-0.05, 0) is 12.3 Å². The fourth-order valence-corrected chi connectivity index (χ4v) is 1.19. The van der Waals surface area contributed by atoms with Gasteiger partial charge in [0.1, 0.15) is 0 Å². The Morgan fingerprint density at radius 1 is 0.826 bits per heavy atom. The maximum absolute atomic E-state index is 9.90. The third kappa shape index (κ3) is 44.9. The number of hydrogen-bond acceptors (Lipinski definition) is 4. The molecule has 1 amide bonds. The smallest absolute Gasteiger partial charge is 0.207 e. The average Bonchev–Trinajstić information content (AvgIpc) is 2.53. The van der Waals surface area contributed by atoms with E-state index < -0.39 is 0 Å². The highest BCUT2D eigenvalue weighted by atomic mass is 16.5. The fraction of sp³-hybridized carbons (Fsp3) is 0.944. The molecular formula is C18H41NO4. The van der Waals surface area contributed by atoms with Gasteiger partial charge in [-0.1, -0.05) is 54.4 Å². The third-order valence-corrected chi connectivity index (χ3v) is 2.11. The van der Waals surface area contributed by atoms with Crippen molar-refractivity contribution in [1.29, 1.82) is 0 Å². The zero-order valence-electron chi connectivity index (χ0n) is 16.4. The molecule has 0 aromatic rings. The van der Waals surface area contributed by atoms with Gasteiger partial charge in [0.2, 0.25) is 6.41 Å². The molecule has 0 unspecified atom stereocenters. The average molecular weight is 336 g/mol. The quantitative estimate of drug-likeness (QED) is 0.389. The number of carbonyl (C=O) groups excluding carboxylic acids is 1. The molecular weight excluding hydrogens is 294 g/mol. The molecule has 0 bridgehead atoms. The third-order valence-electron chi connectivity index (χ3n) is 2.11. The second-order valence-corrected chi connectivity index (χ2v) is 5.35. The molecule has 5 nitrogen and oxygen atoms in total. The van der Waals surface area contributed by atoms with E-state index in [4.69, 9.17) is 14.2 Å². The van der Waals surface area contributed by atoms with Gasteiger partial charge in [0, 0.05) is 13.2 Å². The first kappa shape index (κ1) is 27.2. The highest BCUT2D eigenvalue weighted by Crippen LogP contribution is 1.93. The minimum absolute atomic E-state index is 0.523. The zero-order chi connectivity index (χ0) is 18.2. The van der Waals surface area contributed by atoms with Crippen LogP contribution in [-0.2, 0) is 19.0 Å². The molecule has 0 radical (unpaired) electrons. The molecule has 0 aliphatic rings. The molecule has 0 rings (SSSR count). The van der Waals surface area contributed by atoms with Crippen molar-refractivity contribution in [3.63, 3.8) is 0 Å². The van der Waals surface area contributed by atoms with E-state index in [9.17, 15) is 4.79 Å². The lowest BCUT2D eigenvalue weighted by Gasteiger charge is -2.06. The van der Waals surface area contributed by atoms with E-state index in [1.807, 2.05) is 13.8 Å². The number of unbranched alkanes of at least 4 members (excludes halogenated alkanes) is 2. The van der Waals surface area contributed by atoms with Gasteiger partial charge in [-0.25, -0.2) is 0 Å². The summed E-state index contributed by atoms with van der Waals surface area (Å²) in [4.78, 5) is 9.90. The van der Waals surface area contributed by atoms with Gasteiger partial charge in [0.25, 0.3) is 0 Å². The lowest BCUT2D eigenvalue weighted by molar-refractivity contribution is -0.109. The second kappa shape index (κ2) is 29.4. The number of amides is 1. The van der Waals surface area contributed by atoms with Crippen LogP contribution in [0.3, 0.4) is 0 Å². The Hall–Kier alpha value is -0.650. The first-order valence-corrected chi connectivity index (χ1v) is 9.05. The molecule has 23 heavy (non-hydrogen) atoms. The van der Waals surface area contributed by atoms with Crippen molar-refractivity contribution in [3.8, 4) is 0 Å². The minimum atomic E-state index is 0.523. The lowest BCUT2D eigenvalue weighted by atomic mass is 10.3. The fourth-order valence-electron chi connectivity index (χ4n) is 1.19. The first-order chi connectivity index (χ1) is 11.1. The summed E-state index contributed by atoms with van der Waals surface area (Å²) in [5.41, 5.74) is 0. The molecule has 0 aromatic heterocycles. The van der Waals surface area contributed by atoms with Gasteiger partial charge in [0.15, 0.2) is 0 Å². The van der Waals surface area contributed by atoms with Gasteiger partial charge < -0.3 is 19.5 Å². The van der Waals surface area contributed by atoms with Gasteiger partial charge in [0.05, 0.1) is 33.0 Å². The van der Waals surface area contributed by atoms with E-state index in [2.05, 4.69) is 33.0 Å². The van der Waals surface area contributed by atoms with Crippen molar-refractivity contribution in [2.24, 2.45) is 5.92 Å². The van der Waals surface area contributed by atoms with Crippen molar-refractivity contribution in [2.75, 3.05) is 46.2 Å². The Labute approximate surface area is 144 Å². The van der Waals surface area contributed by atoms with Crippen LogP contribution in [0.2, 0.25) is 0 Å². The van der Waals surface area contributed by atoms with E-state index >= 15 is 0 Å². The summed E-state index contributed by atoms with van der Waals surface area (Å²) < 4.78 is 15.9. The van der Waals surface area contributed by atoms with E-state index in [1.165, 1.54) is 12.8 Å². The summed E-state index contributed by atoms with van der Waals surface area (Å²) >= 11 is 0. The van der Waals surface area contributed by atoms with Crippen molar-refractivity contribution >= 4 is 6.41 Å². The summed E-state index contributed by atoms with van der Waals surface area (Å²) in [6.07, 6.45) is 4.23. The first-order valence-electron chi connectivity index (χ1n) is 9.05. The van der Waals surface area contributed by atoms with Crippen LogP contribution >= 0.6 is 0 Å². The van der Waals surface area contributed by atoms with Crippen LogP contribution in [0.25, 0.3) is 0 Å². The lowest BCUT2D eigenvalue weighted by Crippen LogP contribution is -2.19. The van der Waals surface area contributed by atoms with E-state index in [0.29, 0.717) is 46.0 Å². The van der Waals surface area contributed by atoms with Gasteiger partial charge in [-0.3, -0.25) is 4.79 Å². The standard InChI is InChI=1S/C12H25NO4.C4H10.C2H6/c1-2-3-4-6-15-8-10-17-11-9-16-7-5-13-12-14;1-4(2)3;1-2/h12H,2-11H2,1H3,(H,13,14);4H,1-3H3;1-2H3. The highest BCUT2D eigenvalue weighted by Gasteiger charge is 1.91. The zero-order valence-corrected chi connectivity index (χ0v) is 16.4. The molecule has 1 N–H and O–H groups in total. The Morgan fingerprint density at radius 2 is 1.26 bits per heavy atom. The molecule has 0 saturated carbocycles. The molecule has 5 heteroatoms. The summed E-state index contributed by atoms with van der Waals surface area (Å²) in [5, 5.41) is 2.52. The van der Waals surface area contributed by atoms with Gasteiger partial charge in [-0.15, -0.1) is 0 Å². The predicted molar refractivity (Wildman–Crippen MR) is 97.9 cm³/mol. The van der Waals surface area contributed by atoms with Gasteiger partial charge in [-0.2, -0.15) is 0 Å². The molecule has 0 spiro atoms. The summed E-state index contributed by atoms with van der Waals surface area (Å²) in [6.45, 7) is 17.0. The van der Waals surface area contributed by atoms with E-state index in [-0.39, 0.29) is 0 Å². The molecule has 0 heterocycles. The molecule has 0 aromatic carbocycles. The van der Waals surface area contributed by atoms with Crippen LogP contribution < -0.4 is 5.32 Å². The number of hydrogen-bond donors (Lipinski definition) is 1. The molecule has 0 aliphatic heterocycles.